The Morgan fingerprint density at radius 2 is 1.91 bits per heavy atom. The Morgan fingerprint density at radius 3 is 2.41 bits per heavy atom. The van der Waals surface area contributed by atoms with Crippen LogP contribution in [0.1, 0.15) is 5.56 Å². The summed E-state index contributed by atoms with van der Waals surface area (Å²) in [6, 6.07) is 6.95. The van der Waals surface area contributed by atoms with Crippen molar-refractivity contribution in [3.05, 3.63) is 28.8 Å². The second kappa shape index (κ2) is 8.56. The lowest BCUT2D eigenvalue weighted by molar-refractivity contribution is -0.124. The summed E-state index contributed by atoms with van der Waals surface area (Å²) >= 11 is 6.07. The van der Waals surface area contributed by atoms with Crippen LogP contribution >= 0.6 is 11.6 Å². The van der Waals surface area contributed by atoms with E-state index in [0.29, 0.717) is 22.1 Å². The van der Waals surface area contributed by atoms with Gasteiger partial charge < -0.3 is 14.4 Å². The smallest absolute Gasteiger partial charge is 0.248 e. The van der Waals surface area contributed by atoms with Crippen molar-refractivity contribution in [3.8, 4) is 23.6 Å². The van der Waals surface area contributed by atoms with Gasteiger partial charge in [-0.3, -0.25) is 4.79 Å². The van der Waals surface area contributed by atoms with Gasteiger partial charge in [0, 0.05) is 6.08 Å². The number of ether oxygens (including phenoxy) is 2. The molecule has 0 aliphatic carbocycles. The van der Waals surface area contributed by atoms with E-state index >= 15 is 0 Å². The van der Waals surface area contributed by atoms with Crippen molar-refractivity contribution >= 4 is 23.6 Å². The van der Waals surface area contributed by atoms with Gasteiger partial charge in [0.05, 0.1) is 31.4 Å². The number of benzene rings is 1. The molecule has 0 heterocycles. The fourth-order valence-electron chi connectivity index (χ4n) is 1.69. The lowest BCUT2D eigenvalue weighted by atomic mass is 10.2. The quantitative estimate of drug-likeness (QED) is 0.593. The molecule has 7 heteroatoms. The SMILES string of the molecule is COc1cc(/C=C/C(=O)N(CC#N)CC#N)cc(Cl)c1OC. The van der Waals surface area contributed by atoms with Gasteiger partial charge in [-0.15, -0.1) is 0 Å². The van der Waals surface area contributed by atoms with Crippen LogP contribution in [0.15, 0.2) is 18.2 Å². The molecule has 0 aliphatic rings. The van der Waals surface area contributed by atoms with Gasteiger partial charge in [0.2, 0.25) is 5.91 Å². The average Bonchev–Trinajstić information content (AvgIpc) is 2.51. The molecule has 0 saturated heterocycles. The van der Waals surface area contributed by atoms with Gasteiger partial charge in [-0.25, -0.2) is 0 Å². The first-order valence-corrected chi connectivity index (χ1v) is 6.57. The van der Waals surface area contributed by atoms with Crippen LogP contribution in [-0.4, -0.2) is 38.1 Å². The van der Waals surface area contributed by atoms with Crippen LogP contribution in [0.5, 0.6) is 11.5 Å². The zero-order chi connectivity index (χ0) is 16.5. The number of nitriles is 2. The third-order valence-electron chi connectivity index (χ3n) is 2.71. The van der Waals surface area contributed by atoms with E-state index in [0.717, 1.165) is 4.90 Å². The maximum atomic E-state index is 11.9. The van der Waals surface area contributed by atoms with E-state index < -0.39 is 5.91 Å². The Kier molecular flexibility index (Phi) is 6.75. The minimum atomic E-state index is -0.436. The second-order valence-electron chi connectivity index (χ2n) is 4.08. The molecule has 0 unspecified atom stereocenters. The number of methoxy groups -OCH3 is 2. The second-order valence-corrected chi connectivity index (χ2v) is 4.49. The Morgan fingerprint density at radius 1 is 1.27 bits per heavy atom. The van der Waals surface area contributed by atoms with Crippen molar-refractivity contribution in [2.24, 2.45) is 0 Å². The molecule has 1 aromatic carbocycles. The van der Waals surface area contributed by atoms with Gasteiger partial charge in [0.25, 0.3) is 0 Å². The zero-order valence-corrected chi connectivity index (χ0v) is 12.9. The summed E-state index contributed by atoms with van der Waals surface area (Å²) in [5.74, 6) is 0.408. The molecule has 22 heavy (non-hydrogen) atoms. The molecule has 0 fully saturated rings. The number of carbonyl (C=O) groups is 1. The molecular formula is C15H14ClN3O3. The summed E-state index contributed by atoms with van der Waals surface area (Å²) in [7, 11) is 2.96. The van der Waals surface area contributed by atoms with E-state index in [2.05, 4.69) is 0 Å². The molecule has 6 nitrogen and oxygen atoms in total. The molecule has 0 aromatic heterocycles. The Labute approximate surface area is 133 Å². The molecule has 0 aliphatic heterocycles. The normalized spacial score (nSPS) is 9.86. The van der Waals surface area contributed by atoms with Gasteiger partial charge in [0.15, 0.2) is 11.5 Å². The van der Waals surface area contributed by atoms with Crippen LogP contribution in [0, 0.1) is 22.7 Å². The minimum Gasteiger partial charge on any atom is -0.493 e. The van der Waals surface area contributed by atoms with Gasteiger partial charge >= 0.3 is 0 Å². The van der Waals surface area contributed by atoms with Crippen molar-refractivity contribution in [2.75, 3.05) is 27.3 Å². The summed E-state index contributed by atoms with van der Waals surface area (Å²) in [5, 5.41) is 17.6. The summed E-state index contributed by atoms with van der Waals surface area (Å²) in [6.45, 7) is -0.299. The third kappa shape index (κ3) is 4.41. The highest BCUT2D eigenvalue weighted by molar-refractivity contribution is 6.32. The van der Waals surface area contributed by atoms with E-state index in [9.17, 15) is 4.79 Å². The number of rotatable bonds is 6. The van der Waals surface area contributed by atoms with Crippen molar-refractivity contribution in [1.82, 2.24) is 4.90 Å². The fraction of sp³-hybridized carbons (Fsp3) is 0.267. The molecule has 0 N–H and O–H groups in total. The van der Waals surface area contributed by atoms with E-state index in [1.54, 1.807) is 12.1 Å². The highest BCUT2D eigenvalue weighted by Gasteiger charge is 2.11. The summed E-state index contributed by atoms with van der Waals surface area (Å²) in [5.41, 5.74) is 0.630. The summed E-state index contributed by atoms with van der Waals surface area (Å²) < 4.78 is 10.3. The topological polar surface area (TPSA) is 86.4 Å². The third-order valence-corrected chi connectivity index (χ3v) is 2.99. The maximum Gasteiger partial charge on any atom is 0.248 e. The van der Waals surface area contributed by atoms with E-state index in [1.807, 2.05) is 12.1 Å². The monoisotopic (exact) mass is 319 g/mol. The lowest BCUT2D eigenvalue weighted by Gasteiger charge is -2.13. The van der Waals surface area contributed by atoms with Gasteiger partial charge in [0.1, 0.15) is 13.1 Å². The Balaban J connectivity index is 2.99. The predicted molar refractivity (Wildman–Crippen MR) is 81.4 cm³/mol. The molecular weight excluding hydrogens is 306 g/mol. The Bertz CT molecular complexity index is 643. The standard InChI is InChI=1S/C15H14ClN3O3/c1-21-13-10-11(9-12(16)15(13)22-2)3-4-14(20)19(7-5-17)8-6-18/h3-4,9-10H,7-8H2,1-2H3/b4-3+. The predicted octanol–water partition coefficient (Wildman–Crippen LogP) is 2.25. The first-order chi connectivity index (χ1) is 10.6. The highest BCUT2D eigenvalue weighted by Crippen LogP contribution is 2.36. The maximum absolute atomic E-state index is 11.9. The largest absolute Gasteiger partial charge is 0.493 e. The fourth-order valence-corrected chi connectivity index (χ4v) is 1.99. The number of hydrogen-bond donors (Lipinski definition) is 0. The average molecular weight is 320 g/mol. The number of hydrogen-bond acceptors (Lipinski definition) is 5. The van der Waals surface area contributed by atoms with Crippen molar-refractivity contribution < 1.29 is 14.3 Å². The Hall–Kier alpha value is -2.70. The zero-order valence-electron chi connectivity index (χ0n) is 12.2. The van der Waals surface area contributed by atoms with E-state index in [1.165, 1.54) is 26.4 Å². The molecule has 0 atom stereocenters. The highest BCUT2D eigenvalue weighted by atomic mass is 35.5. The molecule has 0 saturated carbocycles. The lowest BCUT2D eigenvalue weighted by Crippen LogP contribution is -2.30. The van der Waals surface area contributed by atoms with Crippen LogP contribution in [0.25, 0.3) is 6.08 Å². The van der Waals surface area contributed by atoms with Gasteiger partial charge in [-0.2, -0.15) is 10.5 Å². The molecule has 1 amide bonds. The molecule has 0 radical (unpaired) electrons. The molecule has 1 rings (SSSR count). The van der Waals surface area contributed by atoms with Crippen LogP contribution in [-0.2, 0) is 4.79 Å². The van der Waals surface area contributed by atoms with Crippen LogP contribution in [0.3, 0.4) is 0 Å². The molecule has 0 bridgehead atoms. The number of halogens is 1. The molecule has 1 aromatic rings. The van der Waals surface area contributed by atoms with Crippen molar-refractivity contribution in [1.29, 1.82) is 10.5 Å². The van der Waals surface area contributed by atoms with Crippen LogP contribution in [0.2, 0.25) is 5.02 Å². The number of amides is 1. The van der Waals surface area contributed by atoms with Crippen LogP contribution in [0.4, 0.5) is 0 Å². The minimum absolute atomic E-state index is 0.149. The summed E-state index contributed by atoms with van der Waals surface area (Å²) in [6.07, 6.45) is 2.80. The number of carbonyl (C=O) groups excluding carboxylic acids is 1. The first kappa shape index (κ1) is 17.4. The number of nitrogens with zero attached hydrogens (tertiary/aromatic N) is 3. The van der Waals surface area contributed by atoms with E-state index in [-0.39, 0.29) is 13.1 Å². The van der Waals surface area contributed by atoms with E-state index in [4.69, 9.17) is 31.6 Å². The van der Waals surface area contributed by atoms with Crippen molar-refractivity contribution in [3.63, 3.8) is 0 Å². The van der Waals surface area contributed by atoms with Gasteiger partial charge in [-0.05, 0) is 23.8 Å². The van der Waals surface area contributed by atoms with Crippen molar-refractivity contribution in [2.45, 2.75) is 0 Å². The molecule has 114 valence electrons. The van der Waals surface area contributed by atoms with Crippen LogP contribution < -0.4 is 9.47 Å². The molecule has 0 spiro atoms. The van der Waals surface area contributed by atoms with Gasteiger partial charge in [-0.1, -0.05) is 11.6 Å². The first-order valence-electron chi connectivity index (χ1n) is 6.19. The summed E-state index contributed by atoms with van der Waals surface area (Å²) in [4.78, 5) is 13.0.